The van der Waals surface area contributed by atoms with E-state index in [-0.39, 0.29) is 0 Å². The summed E-state index contributed by atoms with van der Waals surface area (Å²) >= 11 is 3.45. The van der Waals surface area contributed by atoms with Crippen molar-refractivity contribution in [1.29, 1.82) is 0 Å². The number of unbranched alkanes of at least 4 members (excludes halogenated alkanes) is 5. The summed E-state index contributed by atoms with van der Waals surface area (Å²) in [5.74, 6) is 0. The summed E-state index contributed by atoms with van der Waals surface area (Å²) < 4.78 is 5.28. The molecule has 0 saturated carbocycles. The summed E-state index contributed by atoms with van der Waals surface area (Å²) in [6.45, 7) is 2.26. The third-order valence-electron chi connectivity index (χ3n) is 2.39. The molecular weight excluding hydrogens is 228 g/mol. The second kappa shape index (κ2) is 10.5. The topological polar surface area (TPSA) is 9.23 Å². The van der Waals surface area contributed by atoms with E-state index < -0.39 is 0 Å². The first-order chi connectivity index (χ1) is 6.35. The largest absolute Gasteiger partial charge is 0.381 e. The molecule has 0 amide bonds. The van der Waals surface area contributed by atoms with Gasteiger partial charge in [0.15, 0.2) is 0 Å². The maximum Gasteiger partial charge on any atom is 0.0668 e. The Kier molecular flexibility index (Phi) is 10.9. The highest BCUT2D eigenvalue weighted by Gasteiger charge is 2.03. The van der Waals surface area contributed by atoms with Gasteiger partial charge in [-0.2, -0.15) is 0 Å². The first-order valence-corrected chi connectivity index (χ1v) is 6.56. The molecule has 13 heavy (non-hydrogen) atoms. The Balaban J connectivity index is 3.05. The Morgan fingerprint density at radius 3 is 2.23 bits per heavy atom. The van der Waals surface area contributed by atoms with E-state index in [4.69, 9.17) is 4.74 Å². The first kappa shape index (κ1) is 13.4. The third kappa shape index (κ3) is 8.76. The highest BCUT2D eigenvalue weighted by atomic mass is 79.9. The lowest BCUT2D eigenvalue weighted by molar-refractivity contribution is 0.113. The summed E-state index contributed by atoms with van der Waals surface area (Å²) in [6, 6.07) is 0. The maximum atomic E-state index is 5.28. The Morgan fingerprint density at radius 2 is 1.69 bits per heavy atom. The molecule has 0 saturated heterocycles. The van der Waals surface area contributed by atoms with Gasteiger partial charge in [-0.15, -0.1) is 0 Å². The van der Waals surface area contributed by atoms with E-state index in [9.17, 15) is 0 Å². The molecule has 0 rings (SSSR count). The van der Waals surface area contributed by atoms with Gasteiger partial charge in [0.1, 0.15) is 0 Å². The van der Waals surface area contributed by atoms with Crippen LogP contribution >= 0.6 is 15.9 Å². The molecule has 0 fully saturated rings. The van der Waals surface area contributed by atoms with Gasteiger partial charge in [-0.25, -0.2) is 0 Å². The highest BCUT2D eigenvalue weighted by molar-refractivity contribution is 9.09. The van der Waals surface area contributed by atoms with Gasteiger partial charge in [0.2, 0.25) is 0 Å². The van der Waals surface area contributed by atoms with E-state index in [0.717, 1.165) is 5.33 Å². The van der Waals surface area contributed by atoms with Crippen LogP contribution in [0.5, 0.6) is 0 Å². The lowest BCUT2D eigenvalue weighted by Gasteiger charge is -2.11. The van der Waals surface area contributed by atoms with Crippen LogP contribution in [0, 0.1) is 0 Å². The van der Waals surface area contributed by atoms with Crippen LogP contribution in [0.2, 0.25) is 0 Å². The molecule has 0 aromatic carbocycles. The standard InChI is InChI=1S/C11H23BrO/c1-3-4-5-6-7-8-9-11(10-12)13-2/h11H,3-10H2,1-2H3. The molecular formula is C11H23BrO. The molecule has 0 radical (unpaired) electrons. The highest BCUT2D eigenvalue weighted by Crippen LogP contribution is 2.11. The molecule has 0 N–H and O–H groups in total. The lowest BCUT2D eigenvalue weighted by Crippen LogP contribution is -2.11. The van der Waals surface area contributed by atoms with Gasteiger partial charge >= 0.3 is 0 Å². The van der Waals surface area contributed by atoms with Crippen LogP contribution in [0.1, 0.15) is 51.9 Å². The molecule has 0 heterocycles. The average Bonchev–Trinajstić information content (AvgIpc) is 2.17. The van der Waals surface area contributed by atoms with Crippen LogP contribution in [0.15, 0.2) is 0 Å². The van der Waals surface area contributed by atoms with Crippen LogP contribution in [0.4, 0.5) is 0 Å². The molecule has 80 valence electrons. The molecule has 0 aliphatic heterocycles. The van der Waals surface area contributed by atoms with Crippen molar-refractivity contribution in [1.82, 2.24) is 0 Å². The zero-order valence-electron chi connectivity index (χ0n) is 9.02. The van der Waals surface area contributed by atoms with Gasteiger partial charge in [-0.1, -0.05) is 61.4 Å². The second-order valence-electron chi connectivity index (χ2n) is 3.57. The third-order valence-corrected chi connectivity index (χ3v) is 3.11. The van der Waals surface area contributed by atoms with E-state index in [1.165, 1.54) is 44.9 Å². The fourth-order valence-corrected chi connectivity index (χ4v) is 2.00. The van der Waals surface area contributed by atoms with Crippen molar-refractivity contribution in [3.63, 3.8) is 0 Å². The summed E-state index contributed by atoms with van der Waals surface area (Å²) in [4.78, 5) is 0. The SMILES string of the molecule is CCCCCCCCC(CBr)OC. The van der Waals surface area contributed by atoms with E-state index in [0.29, 0.717) is 6.10 Å². The van der Waals surface area contributed by atoms with Crippen LogP contribution in [-0.2, 0) is 4.74 Å². The Morgan fingerprint density at radius 1 is 1.08 bits per heavy atom. The second-order valence-corrected chi connectivity index (χ2v) is 4.22. The Bertz CT molecular complexity index is 92.1. The monoisotopic (exact) mass is 250 g/mol. The summed E-state index contributed by atoms with van der Waals surface area (Å²) in [5.41, 5.74) is 0. The van der Waals surface area contributed by atoms with Crippen LogP contribution in [0.25, 0.3) is 0 Å². The van der Waals surface area contributed by atoms with E-state index in [2.05, 4.69) is 22.9 Å². The van der Waals surface area contributed by atoms with E-state index >= 15 is 0 Å². The predicted octanol–water partition coefficient (Wildman–Crippen LogP) is 4.15. The molecule has 2 heteroatoms. The fraction of sp³-hybridized carbons (Fsp3) is 1.00. The first-order valence-electron chi connectivity index (χ1n) is 5.43. The minimum atomic E-state index is 0.422. The average molecular weight is 251 g/mol. The number of rotatable bonds is 9. The van der Waals surface area contributed by atoms with Gasteiger partial charge in [0.25, 0.3) is 0 Å². The minimum absolute atomic E-state index is 0.422. The van der Waals surface area contributed by atoms with Crippen LogP contribution < -0.4 is 0 Å². The Labute approximate surface area is 91.4 Å². The zero-order valence-corrected chi connectivity index (χ0v) is 10.6. The summed E-state index contributed by atoms with van der Waals surface area (Å²) in [7, 11) is 1.79. The number of methoxy groups -OCH3 is 1. The number of ether oxygens (including phenoxy) is 1. The number of hydrogen-bond acceptors (Lipinski definition) is 1. The van der Waals surface area contributed by atoms with Crippen molar-refractivity contribution in [3.05, 3.63) is 0 Å². The molecule has 0 bridgehead atoms. The minimum Gasteiger partial charge on any atom is -0.381 e. The van der Waals surface area contributed by atoms with Crippen molar-refractivity contribution in [2.75, 3.05) is 12.4 Å². The number of alkyl halides is 1. The maximum absolute atomic E-state index is 5.28. The summed E-state index contributed by atoms with van der Waals surface area (Å²) in [6.07, 6.45) is 9.84. The van der Waals surface area contributed by atoms with E-state index in [1.54, 1.807) is 7.11 Å². The van der Waals surface area contributed by atoms with Gasteiger partial charge < -0.3 is 4.74 Å². The lowest BCUT2D eigenvalue weighted by atomic mass is 10.1. The van der Waals surface area contributed by atoms with E-state index in [1.807, 2.05) is 0 Å². The van der Waals surface area contributed by atoms with Crippen molar-refractivity contribution in [3.8, 4) is 0 Å². The van der Waals surface area contributed by atoms with Crippen molar-refractivity contribution in [2.24, 2.45) is 0 Å². The molecule has 0 aromatic heterocycles. The van der Waals surface area contributed by atoms with Crippen molar-refractivity contribution in [2.45, 2.75) is 58.0 Å². The van der Waals surface area contributed by atoms with Crippen molar-refractivity contribution < 1.29 is 4.74 Å². The van der Waals surface area contributed by atoms with Crippen molar-refractivity contribution >= 4 is 15.9 Å². The fourth-order valence-electron chi connectivity index (χ4n) is 1.41. The smallest absolute Gasteiger partial charge is 0.0668 e. The molecule has 0 spiro atoms. The molecule has 1 nitrogen and oxygen atoms in total. The summed E-state index contributed by atoms with van der Waals surface area (Å²) in [5, 5.41) is 0.971. The van der Waals surface area contributed by atoms with Crippen LogP contribution in [0.3, 0.4) is 0 Å². The Hall–Kier alpha value is 0.440. The molecule has 0 aromatic rings. The predicted molar refractivity (Wildman–Crippen MR) is 62.6 cm³/mol. The van der Waals surface area contributed by atoms with Gasteiger partial charge in [0.05, 0.1) is 6.10 Å². The molecule has 1 atom stereocenters. The van der Waals surface area contributed by atoms with Gasteiger partial charge in [-0.3, -0.25) is 0 Å². The number of hydrogen-bond donors (Lipinski definition) is 0. The molecule has 0 aliphatic rings. The van der Waals surface area contributed by atoms with Gasteiger partial charge in [-0.05, 0) is 6.42 Å². The normalized spacial score (nSPS) is 13.2. The molecule has 0 aliphatic carbocycles. The van der Waals surface area contributed by atoms with Gasteiger partial charge in [0, 0.05) is 12.4 Å². The number of halogens is 1. The molecule has 1 unspecified atom stereocenters. The van der Waals surface area contributed by atoms with Crippen LogP contribution in [-0.4, -0.2) is 18.5 Å². The quantitative estimate of drug-likeness (QED) is 0.442. The zero-order chi connectivity index (χ0) is 9.94.